The highest BCUT2D eigenvalue weighted by Crippen LogP contribution is 2.24. The molecule has 0 saturated carbocycles. The van der Waals surface area contributed by atoms with E-state index < -0.39 is 29.3 Å². The summed E-state index contributed by atoms with van der Waals surface area (Å²) in [6, 6.07) is 7.71. The normalized spacial score (nSPS) is 11.9. The van der Waals surface area contributed by atoms with Gasteiger partial charge in [0.15, 0.2) is 5.65 Å². The number of aromatic hydroxyl groups is 1. The summed E-state index contributed by atoms with van der Waals surface area (Å²) in [7, 11) is 0. The summed E-state index contributed by atoms with van der Waals surface area (Å²) < 4.78 is 9.95. The molecule has 0 bridgehead atoms. The number of esters is 2. The number of nitrogens with one attached hydrogen (secondary N) is 2. The van der Waals surface area contributed by atoms with Crippen molar-refractivity contribution in [3.63, 3.8) is 0 Å². The summed E-state index contributed by atoms with van der Waals surface area (Å²) in [5.74, 6) is -2.11. The third-order valence-corrected chi connectivity index (χ3v) is 6.23. The van der Waals surface area contributed by atoms with E-state index in [4.69, 9.17) is 9.47 Å². The van der Waals surface area contributed by atoms with Crippen molar-refractivity contribution in [2.24, 2.45) is 5.41 Å². The molecule has 224 valence electrons. The summed E-state index contributed by atoms with van der Waals surface area (Å²) in [5, 5.41) is 16.0. The molecule has 3 N–H and O–H groups in total. The lowest BCUT2D eigenvalue weighted by molar-refractivity contribution is -0.146. The van der Waals surface area contributed by atoms with Crippen molar-refractivity contribution in [2.45, 2.75) is 66.3 Å². The van der Waals surface area contributed by atoms with E-state index in [-0.39, 0.29) is 49.4 Å². The molecule has 2 amide bonds. The predicted octanol–water partition coefficient (Wildman–Crippen LogP) is 3.51. The van der Waals surface area contributed by atoms with Gasteiger partial charge < -0.3 is 19.9 Å². The van der Waals surface area contributed by atoms with Crippen molar-refractivity contribution >= 4 is 40.7 Å². The molecule has 0 aliphatic heterocycles. The molecule has 3 aromatic rings. The minimum Gasteiger partial charge on any atom is -0.493 e. The average Bonchev–Trinajstić information content (AvgIpc) is 2.94. The molecule has 1 atom stereocenters. The molecule has 1 aromatic carbocycles. The van der Waals surface area contributed by atoms with E-state index in [2.05, 4.69) is 25.6 Å². The first-order valence-corrected chi connectivity index (χ1v) is 13.8. The minimum atomic E-state index is -0.979. The van der Waals surface area contributed by atoms with Crippen LogP contribution in [0.4, 0.5) is 5.95 Å². The van der Waals surface area contributed by atoms with E-state index in [1.165, 1.54) is 0 Å². The Morgan fingerprint density at radius 3 is 2.26 bits per heavy atom. The van der Waals surface area contributed by atoms with Crippen LogP contribution in [0.2, 0.25) is 0 Å². The quantitative estimate of drug-likeness (QED) is 0.270. The van der Waals surface area contributed by atoms with Gasteiger partial charge in [0, 0.05) is 23.6 Å². The van der Waals surface area contributed by atoms with E-state index in [9.17, 15) is 24.3 Å². The molecule has 0 spiro atoms. The molecule has 12 heteroatoms. The van der Waals surface area contributed by atoms with Gasteiger partial charge in [-0.3, -0.25) is 19.7 Å². The summed E-state index contributed by atoms with van der Waals surface area (Å²) in [5.41, 5.74) is 1.76. The molecule has 0 aliphatic carbocycles. The first kappa shape index (κ1) is 31.9. The minimum absolute atomic E-state index is 0.0168. The Hall–Kier alpha value is -4.61. The van der Waals surface area contributed by atoms with Gasteiger partial charge in [-0.15, -0.1) is 0 Å². The maximum atomic E-state index is 12.8. The number of rotatable bonds is 12. The third kappa shape index (κ3) is 8.95. The van der Waals surface area contributed by atoms with E-state index in [0.29, 0.717) is 23.8 Å². The van der Waals surface area contributed by atoms with Crippen LogP contribution in [0.25, 0.3) is 11.0 Å². The van der Waals surface area contributed by atoms with Crippen molar-refractivity contribution in [2.75, 3.05) is 18.5 Å². The topological polar surface area (TPSA) is 170 Å². The number of aryl methyl sites for hydroxylation is 2. The number of hydrogen-bond acceptors (Lipinski definition) is 10. The van der Waals surface area contributed by atoms with Crippen LogP contribution in [-0.4, -0.2) is 63.1 Å². The molecule has 42 heavy (non-hydrogen) atoms. The van der Waals surface area contributed by atoms with E-state index in [1.807, 2.05) is 12.1 Å². The molecule has 0 aliphatic rings. The maximum absolute atomic E-state index is 12.8. The van der Waals surface area contributed by atoms with E-state index in [1.54, 1.807) is 59.0 Å². The van der Waals surface area contributed by atoms with Crippen LogP contribution in [-0.2, 0) is 36.7 Å². The molecule has 0 saturated heterocycles. The highest BCUT2D eigenvalue weighted by molar-refractivity contribution is 5.97. The molecule has 2 aromatic heterocycles. The Balaban J connectivity index is 1.62. The van der Waals surface area contributed by atoms with Crippen LogP contribution in [0.5, 0.6) is 5.88 Å². The first-order chi connectivity index (χ1) is 19.9. The number of pyridine rings is 1. The van der Waals surface area contributed by atoms with Crippen molar-refractivity contribution in [3.05, 3.63) is 53.2 Å². The SMILES string of the molecule is CCOC(=O)CC[C@H](NC(=O)c1ccc(CCc2cnc3nc(NC(=O)C(C)(C)C)nc(O)c3c2)cc1)C(=O)OCC. The Labute approximate surface area is 244 Å². The van der Waals surface area contributed by atoms with Crippen molar-refractivity contribution < 1.29 is 33.8 Å². The standard InChI is InChI=1S/C30H37N5O7/c1-6-41-23(36)15-14-22(27(39)42-7-2)32-25(37)20-12-10-18(11-13-20)8-9-19-16-21-24(31-17-19)33-29(34-26(21)38)35-28(40)30(3,4)5/h10-13,16-17,22H,6-9,14-15H2,1-5H3,(H,32,37)(H2,31,33,34,35,38,40)/t22-/m0/s1. The van der Waals surface area contributed by atoms with E-state index in [0.717, 1.165) is 11.1 Å². The van der Waals surface area contributed by atoms with Gasteiger partial charge in [-0.1, -0.05) is 32.9 Å². The van der Waals surface area contributed by atoms with Gasteiger partial charge in [-0.05, 0) is 62.4 Å². The van der Waals surface area contributed by atoms with Gasteiger partial charge in [0.1, 0.15) is 6.04 Å². The number of benzene rings is 1. The molecule has 2 heterocycles. The lowest BCUT2D eigenvalue weighted by Gasteiger charge is -2.17. The number of aromatic nitrogens is 3. The maximum Gasteiger partial charge on any atom is 0.328 e. The van der Waals surface area contributed by atoms with Crippen LogP contribution >= 0.6 is 0 Å². The number of ether oxygens (including phenoxy) is 2. The molecular formula is C30H37N5O7. The fraction of sp³-hybridized carbons (Fsp3) is 0.433. The van der Waals surface area contributed by atoms with Crippen LogP contribution < -0.4 is 10.6 Å². The number of nitrogens with zero attached hydrogens (tertiary/aromatic N) is 3. The lowest BCUT2D eigenvalue weighted by Crippen LogP contribution is -2.42. The Morgan fingerprint density at radius 1 is 0.952 bits per heavy atom. The Kier molecular flexibility index (Phi) is 10.9. The number of carbonyl (C=O) groups excluding carboxylic acids is 4. The van der Waals surface area contributed by atoms with Crippen molar-refractivity contribution in [1.82, 2.24) is 20.3 Å². The van der Waals surface area contributed by atoms with Gasteiger partial charge in [0.2, 0.25) is 17.7 Å². The van der Waals surface area contributed by atoms with Gasteiger partial charge >= 0.3 is 11.9 Å². The number of anilines is 1. The summed E-state index contributed by atoms with van der Waals surface area (Å²) in [6.45, 7) is 9.01. The zero-order valence-corrected chi connectivity index (χ0v) is 24.5. The molecular weight excluding hydrogens is 542 g/mol. The first-order valence-electron chi connectivity index (χ1n) is 13.8. The second-order valence-electron chi connectivity index (χ2n) is 10.6. The van der Waals surface area contributed by atoms with Gasteiger partial charge in [-0.25, -0.2) is 9.78 Å². The van der Waals surface area contributed by atoms with Gasteiger partial charge in [-0.2, -0.15) is 9.97 Å². The summed E-state index contributed by atoms with van der Waals surface area (Å²) in [6.07, 6.45) is 2.90. The third-order valence-electron chi connectivity index (χ3n) is 6.23. The highest BCUT2D eigenvalue weighted by Gasteiger charge is 2.24. The summed E-state index contributed by atoms with van der Waals surface area (Å²) in [4.78, 5) is 61.6. The predicted molar refractivity (Wildman–Crippen MR) is 155 cm³/mol. The van der Waals surface area contributed by atoms with Crippen LogP contribution in [0.15, 0.2) is 36.5 Å². The molecule has 0 unspecified atom stereocenters. The smallest absolute Gasteiger partial charge is 0.328 e. The van der Waals surface area contributed by atoms with Crippen molar-refractivity contribution in [1.29, 1.82) is 0 Å². The monoisotopic (exact) mass is 579 g/mol. The Morgan fingerprint density at radius 2 is 1.62 bits per heavy atom. The molecule has 0 fully saturated rings. The fourth-order valence-electron chi connectivity index (χ4n) is 3.86. The van der Waals surface area contributed by atoms with Crippen LogP contribution in [0.3, 0.4) is 0 Å². The second kappa shape index (κ2) is 14.3. The number of amides is 2. The largest absolute Gasteiger partial charge is 0.493 e. The molecule has 12 nitrogen and oxygen atoms in total. The van der Waals surface area contributed by atoms with Crippen LogP contribution in [0.1, 0.15) is 68.9 Å². The van der Waals surface area contributed by atoms with Gasteiger partial charge in [0.25, 0.3) is 5.91 Å². The zero-order valence-electron chi connectivity index (χ0n) is 24.5. The molecule has 3 rings (SSSR count). The number of hydrogen-bond donors (Lipinski definition) is 3. The van der Waals surface area contributed by atoms with E-state index >= 15 is 0 Å². The highest BCUT2D eigenvalue weighted by atomic mass is 16.5. The second-order valence-corrected chi connectivity index (χ2v) is 10.6. The zero-order chi connectivity index (χ0) is 30.9. The van der Waals surface area contributed by atoms with Crippen molar-refractivity contribution in [3.8, 4) is 5.88 Å². The Bertz CT molecular complexity index is 1430. The number of carbonyl (C=O) groups is 4. The summed E-state index contributed by atoms with van der Waals surface area (Å²) >= 11 is 0. The fourth-order valence-corrected chi connectivity index (χ4v) is 3.86. The molecule has 0 radical (unpaired) electrons. The number of fused-ring (bicyclic) bond motifs is 1. The van der Waals surface area contributed by atoms with Gasteiger partial charge in [0.05, 0.1) is 18.6 Å². The average molecular weight is 580 g/mol. The lowest BCUT2D eigenvalue weighted by atomic mass is 9.96. The van der Waals surface area contributed by atoms with Crippen LogP contribution in [0, 0.1) is 5.41 Å².